The molecule has 0 rings (SSSR count). The third-order valence-electron chi connectivity index (χ3n) is 2.27. The summed E-state index contributed by atoms with van der Waals surface area (Å²) in [5.41, 5.74) is 0.149. The van der Waals surface area contributed by atoms with Gasteiger partial charge in [0, 0.05) is 11.8 Å². The van der Waals surface area contributed by atoms with Gasteiger partial charge in [-0.3, -0.25) is 0 Å². The second-order valence-electron chi connectivity index (χ2n) is 5.49. The number of sulfone groups is 1. The van der Waals surface area contributed by atoms with Crippen LogP contribution in [0.1, 0.15) is 40.5 Å². The number of hydrogen-bond acceptors (Lipinski definition) is 3. The van der Waals surface area contributed by atoms with Crippen molar-refractivity contribution < 1.29 is 8.42 Å². The zero-order valence-electron chi connectivity index (χ0n) is 10.6. The Morgan fingerprint density at radius 1 is 1.20 bits per heavy atom. The molecule has 0 heterocycles. The van der Waals surface area contributed by atoms with Crippen LogP contribution in [0, 0.1) is 5.92 Å². The molecular formula is C11H25NO2S. The Labute approximate surface area is 94.6 Å². The first-order valence-electron chi connectivity index (χ1n) is 5.53. The largest absolute Gasteiger partial charge is 0.312 e. The van der Waals surface area contributed by atoms with Crippen molar-refractivity contribution in [2.45, 2.75) is 46.1 Å². The molecule has 92 valence electrons. The molecule has 1 atom stereocenters. The molecule has 0 aromatic carbocycles. The Hall–Kier alpha value is -0.0900. The molecule has 15 heavy (non-hydrogen) atoms. The minimum atomic E-state index is -2.79. The van der Waals surface area contributed by atoms with Crippen molar-refractivity contribution in [2.24, 2.45) is 5.92 Å². The average molecular weight is 235 g/mol. The van der Waals surface area contributed by atoms with Crippen molar-refractivity contribution >= 4 is 9.84 Å². The highest BCUT2D eigenvalue weighted by Crippen LogP contribution is 2.09. The minimum absolute atomic E-state index is 0.149. The van der Waals surface area contributed by atoms with E-state index in [-0.39, 0.29) is 5.54 Å². The van der Waals surface area contributed by atoms with E-state index in [0.717, 1.165) is 19.4 Å². The van der Waals surface area contributed by atoms with Crippen molar-refractivity contribution in [3.63, 3.8) is 0 Å². The first-order valence-corrected chi connectivity index (χ1v) is 7.59. The molecule has 4 heteroatoms. The summed E-state index contributed by atoms with van der Waals surface area (Å²) in [6, 6.07) is 0. The highest BCUT2D eigenvalue weighted by molar-refractivity contribution is 7.90. The van der Waals surface area contributed by atoms with E-state index in [0.29, 0.717) is 11.7 Å². The van der Waals surface area contributed by atoms with Crippen molar-refractivity contribution in [3.8, 4) is 0 Å². The summed E-state index contributed by atoms with van der Waals surface area (Å²) in [5.74, 6) is 0.776. The van der Waals surface area contributed by atoms with Gasteiger partial charge in [0.05, 0.1) is 5.75 Å². The fourth-order valence-electron chi connectivity index (χ4n) is 1.25. The van der Waals surface area contributed by atoms with E-state index in [1.807, 2.05) is 0 Å². The Balaban J connectivity index is 3.63. The van der Waals surface area contributed by atoms with Gasteiger partial charge in [0.1, 0.15) is 9.84 Å². The SMILES string of the molecule is CC(CCNC(C)(C)C)CCS(C)(=O)=O. The molecule has 0 aliphatic rings. The Morgan fingerprint density at radius 3 is 2.13 bits per heavy atom. The second-order valence-corrected chi connectivity index (χ2v) is 7.75. The fourth-order valence-corrected chi connectivity index (χ4v) is 2.08. The van der Waals surface area contributed by atoms with Gasteiger partial charge in [-0.1, -0.05) is 6.92 Å². The molecule has 0 amide bonds. The van der Waals surface area contributed by atoms with E-state index >= 15 is 0 Å². The second kappa shape index (κ2) is 5.85. The summed E-state index contributed by atoms with van der Waals surface area (Å²) < 4.78 is 21.9. The molecule has 0 fully saturated rings. The summed E-state index contributed by atoms with van der Waals surface area (Å²) in [4.78, 5) is 0. The summed E-state index contributed by atoms with van der Waals surface area (Å²) in [6.07, 6.45) is 3.10. The molecule has 1 unspecified atom stereocenters. The molecule has 0 aromatic rings. The lowest BCUT2D eigenvalue weighted by Crippen LogP contribution is -2.36. The third kappa shape index (κ3) is 11.8. The average Bonchev–Trinajstić information content (AvgIpc) is 1.97. The van der Waals surface area contributed by atoms with Gasteiger partial charge >= 0.3 is 0 Å². The van der Waals surface area contributed by atoms with Gasteiger partial charge < -0.3 is 5.32 Å². The Morgan fingerprint density at radius 2 is 1.73 bits per heavy atom. The Bertz CT molecular complexity index is 265. The van der Waals surface area contributed by atoms with E-state index in [2.05, 4.69) is 33.0 Å². The van der Waals surface area contributed by atoms with Crippen LogP contribution >= 0.6 is 0 Å². The highest BCUT2D eigenvalue weighted by Gasteiger charge is 2.11. The molecule has 0 aliphatic heterocycles. The van der Waals surface area contributed by atoms with Crippen LogP contribution in [0.5, 0.6) is 0 Å². The third-order valence-corrected chi connectivity index (χ3v) is 3.25. The fraction of sp³-hybridized carbons (Fsp3) is 1.00. The lowest BCUT2D eigenvalue weighted by molar-refractivity contribution is 0.391. The predicted octanol–water partition coefficient (Wildman–Crippen LogP) is 1.84. The number of nitrogens with one attached hydrogen (secondary N) is 1. The van der Waals surface area contributed by atoms with Crippen LogP contribution in [0.15, 0.2) is 0 Å². The van der Waals surface area contributed by atoms with Gasteiger partial charge in [0.25, 0.3) is 0 Å². The zero-order chi connectivity index (χ0) is 12.1. The molecule has 0 bridgehead atoms. The van der Waals surface area contributed by atoms with Crippen molar-refractivity contribution in [3.05, 3.63) is 0 Å². The van der Waals surface area contributed by atoms with Crippen LogP contribution in [0.2, 0.25) is 0 Å². The zero-order valence-corrected chi connectivity index (χ0v) is 11.4. The van der Waals surface area contributed by atoms with Gasteiger partial charge in [-0.25, -0.2) is 8.42 Å². The van der Waals surface area contributed by atoms with Gasteiger partial charge in [0.2, 0.25) is 0 Å². The smallest absolute Gasteiger partial charge is 0.147 e. The normalized spacial score (nSPS) is 15.3. The topological polar surface area (TPSA) is 46.2 Å². The van der Waals surface area contributed by atoms with Gasteiger partial charge in [-0.05, 0) is 46.1 Å². The predicted molar refractivity (Wildman–Crippen MR) is 65.9 cm³/mol. The van der Waals surface area contributed by atoms with Crippen molar-refractivity contribution in [2.75, 3.05) is 18.6 Å². The molecule has 0 aromatic heterocycles. The Kier molecular flexibility index (Phi) is 5.81. The first kappa shape index (κ1) is 14.9. The summed E-state index contributed by atoms with van der Waals surface area (Å²) in [7, 11) is -2.79. The van der Waals surface area contributed by atoms with Crippen LogP contribution < -0.4 is 5.32 Å². The first-order chi connectivity index (χ1) is 6.60. The van der Waals surface area contributed by atoms with Crippen LogP contribution in [0.4, 0.5) is 0 Å². The molecular weight excluding hydrogens is 210 g/mol. The maximum Gasteiger partial charge on any atom is 0.147 e. The van der Waals surface area contributed by atoms with Gasteiger partial charge in [-0.2, -0.15) is 0 Å². The van der Waals surface area contributed by atoms with Gasteiger partial charge in [0.15, 0.2) is 0 Å². The van der Waals surface area contributed by atoms with E-state index in [1.165, 1.54) is 6.26 Å². The van der Waals surface area contributed by atoms with Crippen LogP contribution in [0.3, 0.4) is 0 Å². The van der Waals surface area contributed by atoms with Crippen LogP contribution in [0.25, 0.3) is 0 Å². The van der Waals surface area contributed by atoms with Crippen LogP contribution in [-0.2, 0) is 9.84 Å². The minimum Gasteiger partial charge on any atom is -0.312 e. The highest BCUT2D eigenvalue weighted by atomic mass is 32.2. The molecule has 0 saturated carbocycles. The van der Waals surface area contributed by atoms with E-state index in [9.17, 15) is 8.42 Å². The maximum atomic E-state index is 11.0. The van der Waals surface area contributed by atoms with E-state index < -0.39 is 9.84 Å². The van der Waals surface area contributed by atoms with Gasteiger partial charge in [-0.15, -0.1) is 0 Å². The molecule has 3 nitrogen and oxygen atoms in total. The monoisotopic (exact) mass is 235 g/mol. The quantitative estimate of drug-likeness (QED) is 0.764. The maximum absolute atomic E-state index is 11.0. The summed E-state index contributed by atoms with van der Waals surface area (Å²) in [5, 5.41) is 3.40. The molecule has 0 radical (unpaired) electrons. The lowest BCUT2D eigenvalue weighted by Gasteiger charge is -2.21. The lowest BCUT2D eigenvalue weighted by atomic mass is 10.0. The summed E-state index contributed by atoms with van der Waals surface area (Å²) in [6.45, 7) is 9.46. The van der Waals surface area contributed by atoms with E-state index in [4.69, 9.17) is 0 Å². The van der Waals surface area contributed by atoms with Crippen LogP contribution in [-0.4, -0.2) is 32.5 Å². The molecule has 0 aliphatic carbocycles. The molecule has 0 saturated heterocycles. The molecule has 0 spiro atoms. The van der Waals surface area contributed by atoms with Crippen molar-refractivity contribution in [1.82, 2.24) is 5.32 Å². The van der Waals surface area contributed by atoms with Crippen molar-refractivity contribution in [1.29, 1.82) is 0 Å². The number of hydrogen-bond donors (Lipinski definition) is 1. The summed E-state index contributed by atoms with van der Waals surface area (Å²) >= 11 is 0. The van der Waals surface area contributed by atoms with E-state index in [1.54, 1.807) is 0 Å². The standard InChI is InChI=1S/C11H25NO2S/c1-10(7-9-15(5,13)14)6-8-12-11(2,3)4/h10,12H,6-9H2,1-5H3. The number of rotatable bonds is 6. The molecule has 1 N–H and O–H groups in total.